The summed E-state index contributed by atoms with van der Waals surface area (Å²) in [5.41, 5.74) is 0. The van der Waals surface area contributed by atoms with Gasteiger partial charge in [0.1, 0.15) is 6.10 Å². The first-order valence-corrected chi connectivity index (χ1v) is 6.13. The Labute approximate surface area is 97.0 Å². The zero-order valence-electron chi connectivity index (χ0n) is 8.39. The van der Waals surface area contributed by atoms with Crippen LogP contribution >= 0.6 is 25.3 Å². The van der Waals surface area contributed by atoms with Crippen molar-refractivity contribution < 1.29 is 14.6 Å². The maximum Gasteiger partial charge on any atom is 0.104 e. The Hall–Kier alpha value is 0.580. The van der Waals surface area contributed by atoms with E-state index in [4.69, 9.17) is 14.6 Å². The molecule has 3 nitrogen and oxygen atoms in total. The SMILES string of the molecule is OCC(COCCCS)OCCCS. The van der Waals surface area contributed by atoms with Crippen LogP contribution in [0.2, 0.25) is 0 Å². The van der Waals surface area contributed by atoms with Crippen molar-refractivity contribution in [2.45, 2.75) is 18.9 Å². The minimum Gasteiger partial charge on any atom is -0.394 e. The first kappa shape index (κ1) is 14.6. The van der Waals surface area contributed by atoms with Crippen molar-refractivity contribution >= 4 is 25.3 Å². The second-order valence-corrected chi connectivity index (χ2v) is 3.80. The van der Waals surface area contributed by atoms with Gasteiger partial charge < -0.3 is 14.6 Å². The fourth-order valence-corrected chi connectivity index (χ4v) is 1.11. The number of aliphatic hydroxyl groups is 1. The molecule has 0 radical (unpaired) electrons. The van der Waals surface area contributed by atoms with Gasteiger partial charge in [-0.05, 0) is 24.3 Å². The number of hydrogen-bond donors (Lipinski definition) is 3. The average Bonchev–Trinajstić information content (AvgIpc) is 2.22. The first-order valence-electron chi connectivity index (χ1n) is 4.87. The summed E-state index contributed by atoms with van der Waals surface area (Å²) in [6.45, 7) is 1.77. The van der Waals surface area contributed by atoms with Gasteiger partial charge in [0.15, 0.2) is 0 Å². The van der Waals surface area contributed by atoms with Crippen LogP contribution in [-0.2, 0) is 9.47 Å². The Morgan fingerprint density at radius 1 is 1.07 bits per heavy atom. The highest BCUT2D eigenvalue weighted by atomic mass is 32.1. The standard InChI is InChI=1S/C9H20O3S2/c10-7-9(12-4-2-6-14)8-11-3-1-5-13/h9-10,13-14H,1-8H2. The van der Waals surface area contributed by atoms with Crippen molar-refractivity contribution in [1.29, 1.82) is 0 Å². The molecular weight excluding hydrogens is 220 g/mol. The lowest BCUT2D eigenvalue weighted by Gasteiger charge is -2.15. The van der Waals surface area contributed by atoms with Crippen molar-refractivity contribution in [2.24, 2.45) is 0 Å². The molecule has 0 fully saturated rings. The van der Waals surface area contributed by atoms with Crippen LogP contribution in [-0.4, -0.2) is 49.1 Å². The molecule has 1 atom stereocenters. The van der Waals surface area contributed by atoms with Gasteiger partial charge in [0, 0.05) is 13.2 Å². The monoisotopic (exact) mass is 240 g/mol. The zero-order valence-corrected chi connectivity index (χ0v) is 10.2. The predicted octanol–water partition coefficient (Wildman–Crippen LogP) is 1.02. The first-order chi connectivity index (χ1) is 6.85. The van der Waals surface area contributed by atoms with Gasteiger partial charge in [-0.25, -0.2) is 0 Å². The summed E-state index contributed by atoms with van der Waals surface area (Å²) < 4.78 is 10.7. The summed E-state index contributed by atoms with van der Waals surface area (Å²) in [5, 5.41) is 8.94. The van der Waals surface area contributed by atoms with Gasteiger partial charge in [-0.15, -0.1) is 0 Å². The summed E-state index contributed by atoms with van der Waals surface area (Å²) in [4.78, 5) is 0. The van der Waals surface area contributed by atoms with Gasteiger partial charge in [-0.2, -0.15) is 25.3 Å². The minimum atomic E-state index is -0.199. The van der Waals surface area contributed by atoms with E-state index in [0.29, 0.717) is 19.8 Å². The fourth-order valence-electron chi connectivity index (χ4n) is 0.849. The van der Waals surface area contributed by atoms with E-state index in [0.717, 1.165) is 24.3 Å². The van der Waals surface area contributed by atoms with E-state index in [2.05, 4.69) is 25.3 Å². The van der Waals surface area contributed by atoms with Crippen molar-refractivity contribution in [3.05, 3.63) is 0 Å². The number of thiol groups is 2. The summed E-state index contributed by atoms with van der Waals surface area (Å²) >= 11 is 8.14. The number of ether oxygens (including phenoxy) is 2. The second-order valence-electron chi connectivity index (χ2n) is 2.90. The van der Waals surface area contributed by atoms with Crippen LogP contribution in [0.5, 0.6) is 0 Å². The molecule has 5 heteroatoms. The van der Waals surface area contributed by atoms with Crippen molar-refractivity contribution in [3.8, 4) is 0 Å². The van der Waals surface area contributed by atoms with Gasteiger partial charge >= 0.3 is 0 Å². The molecule has 0 bridgehead atoms. The summed E-state index contributed by atoms with van der Waals surface area (Å²) in [7, 11) is 0. The maximum atomic E-state index is 8.94. The Balaban J connectivity index is 3.28. The van der Waals surface area contributed by atoms with E-state index in [1.165, 1.54) is 0 Å². The van der Waals surface area contributed by atoms with E-state index in [9.17, 15) is 0 Å². The molecule has 0 aliphatic rings. The molecule has 0 saturated heterocycles. The number of aliphatic hydroxyl groups excluding tert-OH is 1. The molecule has 0 amide bonds. The van der Waals surface area contributed by atoms with Crippen LogP contribution in [0.1, 0.15) is 12.8 Å². The smallest absolute Gasteiger partial charge is 0.104 e. The lowest BCUT2D eigenvalue weighted by atomic mass is 10.4. The molecule has 0 saturated carbocycles. The molecule has 0 aliphatic heterocycles. The van der Waals surface area contributed by atoms with Gasteiger partial charge in [-0.1, -0.05) is 0 Å². The highest BCUT2D eigenvalue weighted by molar-refractivity contribution is 7.80. The molecule has 1 N–H and O–H groups in total. The highest BCUT2D eigenvalue weighted by Crippen LogP contribution is 1.96. The summed E-state index contributed by atoms with van der Waals surface area (Å²) in [6.07, 6.45) is 1.63. The molecule has 0 rings (SSSR count). The van der Waals surface area contributed by atoms with Crippen LogP contribution in [0.4, 0.5) is 0 Å². The molecule has 14 heavy (non-hydrogen) atoms. The van der Waals surface area contributed by atoms with E-state index in [-0.39, 0.29) is 12.7 Å². The Morgan fingerprint density at radius 3 is 2.29 bits per heavy atom. The third kappa shape index (κ3) is 9.15. The van der Waals surface area contributed by atoms with Gasteiger partial charge in [0.2, 0.25) is 0 Å². The van der Waals surface area contributed by atoms with E-state index in [1.807, 2.05) is 0 Å². The molecule has 0 aromatic carbocycles. The quantitative estimate of drug-likeness (QED) is 0.394. The highest BCUT2D eigenvalue weighted by Gasteiger charge is 2.06. The third-order valence-electron chi connectivity index (χ3n) is 1.61. The number of hydrogen-bond acceptors (Lipinski definition) is 5. The van der Waals surface area contributed by atoms with Gasteiger partial charge in [0.05, 0.1) is 13.2 Å². The normalized spacial score (nSPS) is 13.1. The van der Waals surface area contributed by atoms with E-state index < -0.39 is 0 Å². The van der Waals surface area contributed by atoms with Crippen molar-refractivity contribution in [3.63, 3.8) is 0 Å². The Kier molecular flexibility index (Phi) is 12.1. The number of rotatable bonds is 10. The van der Waals surface area contributed by atoms with Crippen LogP contribution in [0.25, 0.3) is 0 Å². The topological polar surface area (TPSA) is 38.7 Å². The van der Waals surface area contributed by atoms with Gasteiger partial charge in [-0.3, -0.25) is 0 Å². The largest absolute Gasteiger partial charge is 0.394 e. The third-order valence-corrected chi connectivity index (χ3v) is 2.24. The predicted molar refractivity (Wildman–Crippen MR) is 64.6 cm³/mol. The van der Waals surface area contributed by atoms with Crippen LogP contribution in [0, 0.1) is 0 Å². The van der Waals surface area contributed by atoms with Crippen molar-refractivity contribution in [1.82, 2.24) is 0 Å². The lowest BCUT2D eigenvalue weighted by Crippen LogP contribution is -2.25. The summed E-state index contributed by atoms with van der Waals surface area (Å²) in [6, 6.07) is 0. The lowest BCUT2D eigenvalue weighted by molar-refractivity contribution is -0.0415. The zero-order chi connectivity index (χ0) is 10.6. The van der Waals surface area contributed by atoms with Crippen molar-refractivity contribution in [2.75, 3.05) is 37.9 Å². The second kappa shape index (κ2) is 11.7. The van der Waals surface area contributed by atoms with Crippen LogP contribution in [0.15, 0.2) is 0 Å². The summed E-state index contributed by atoms with van der Waals surface area (Å²) in [5.74, 6) is 1.63. The van der Waals surface area contributed by atoms with E-state index >= 15 is 0 Å². The minimum absolute atomic E-state index is 0.00739. The van der Waals surface area contributed by atoms with Crippen LogP contribution in [0.3, 0.4) is 0 Å². The fraction of sp³-hybridized carbons (Fsp3) is 1.00. The average molecular weight is 240 g/mol. The van der Waals surface area contributed by atoms with E-state index in [1.54, 1.807) is 0 Å². The molecule has 0 aromatic heterocycles. The maximum absolute atomic E-state index is 8.94. The molecule has 1 unspecified atom stereocenters. The molecular formula is C9H20O3S2. The Bertz CT molecular complexity index is 114. The molecule has 0 aromatic rings. The van der Waals surface area contributed by atoms with Gasteiger partial charge in [0.25, 0.3) is 0 Å². The molecule has 0 spiro atoms. The molecule has 86 valence electrons. The Morgan fingerprint density at radius 2 is 1.71 bits per heavy atom. The van der Waals surface area contributed by atoms with Crippen LogP contribution < -0.4 is 0 Å². The molecule has 0 aliphatic carbocycles. The molecule has 0 heterocycles.